The highest BCUT2D eigenvalue weighted by molar-refractivity contribution is 5.45. The molecule has 3 heteroatoms. The molecule has 1 aromatic rings. The van der Waals surface area contributed by atoms with Crippen molar-refractivity contribution >= 4 is 0 Å². The number of benzene rings is 1. The maximum Gasteiger partial charge on any atom is 0.158 e. The average Bonchev–Trinajstić information content (AvgIpc) is 2.78. The van der Waals surface area contributed by atoms with Gasteiger partial charge in [-0.25, -0.2) is 0 Å². The smallest absolute Gasteiger partial charge is 0.158 e. The zero-order valence-electron chi connectivity index (χ0n) is 9.32. The Morgan fingerprint density at radius 1 is 1.25 bits per heavy atom. The molecule has 1 unspecified atom stereocenters. The molecule has 0 aromatic heterocycles. The molecule has 1 aliphatic carbocycles. The summed E-state index contributed by atoms with van der Waals surface area (Å²) in [5.74, 6) is 0. The first-order valence-corrected chi connectivity index (χ1v) is 5.86. The molecule has 0 amide bonds. The summed E-state index contributed by atoms with van der Waals surface area (Å²) >= 11 is 0. The van der Waals surface area contributed by atoms with E-state index in [2.05, 4.69) is 24.3 Å². The minimum Gasteiger partial charge on any atom is -0.350 e. The fraction of sp³-hybridized carbons (Fsp3) is 0.538. The van der Waals surface area contributed by atoms with Crippen molar-refractivity contribution in [2.75, 3.05) is 19.8 Å². The fourth-order valence-electron chi connectivity index (χ4n) is 2.84. The molecular weight excluding hydrogens is 202 g/mol. The van der Waals surface area contributed by atoms with E-state index < -0.39 is 0 Å². The van der Waals surface area contributed by atoms with E-state index in [1.807, 2.05) is 0 Å². The molecule has 1 fully saturated rings. The van der Waals surface area contributed by atoms with Gasteiger partial charge < -0.3 is 15.2 Å². The summed E-state index contributed by atoms with van der Waals surface area (Å²) in [4.78, 5) is 0. The van der Waals surface area contributed by atoms with Crippen LogP contribution in [0.2, 0.25) is 0 Å². The maximum absolute atomic E-state index is 5.95. The van der Waals surface area contributed by atoms with Crippen LogP contribution in [-0.2, 0) is 21.3 Å². The molecule has 1 atom stereocenters. The summed E-state index contributed by atoms with van der Waals surface area (Å²) in [6, 6.07) is 8.53. The predicted octanol–water partition coefficient (Wildman–Crippen LogP) is 1.20. The third-order valence-electron chi connectivity index (χ3n) is 3.76. The zero-order chi connectivity index (χ0) is 11.0. The average molecular weight is 219 g/mol. The molecule has 1 aliphatic heterocycles. The van der Waals surface area contributed by atoms with Crippen molar-refractivity contribution in [3.05, 3.63) is 35.4 Å². The van der Waals surface area contributed by atoms with Crippen LogP contribution in [0.5, 0.6) is 0 Å². The fourth-order valence-corrected chi connectivity index (χ4v) is 2.84. The van der Waals surface area contributed by atoms with E-state index in [-0.39, 0.29) is 11.7 Å². The minimum atomic E-state index is -0.0584. The van der Waals surface area contributed by atoms with E-state index in [4.69, 9.17) is 15.2 Å². The number of nitrogens with two attached hydrogens (primary N) is 1. The third-order valence-corrected chi connectivity index (χ3v) is 3.76. The van der Waals surface area contributed by atoms with Crippen LogP contribution in [0.15, 0.2) is 24.3 Å². The Kier molecular flexibility index (Phi) is 2.46. The van der Waals surface area contributed by atoms with Crippen LogP contribution in [0, 0.1) is 0 Å². The number of ether oxygens (including phenoxy) is 2. The highest BCUT2D eigenvalue weighted by Crippen LogP contribution is 2.44. The number of hydrogen-bond acceptors (Lipinski definition) is 3. The zero-order valence-corrected chi connectivity index (χ0v) is 9.32. The summed E-state index contributed by atoms with van der Waals surface area (Å²) in [6.07, 6.45) is 1.89. The van der Waals surface area contributed by atoms with Gasteiger partial charge in [-0.3, -0.25) is 0 Å². The van der Waals surface area contributed by atoms with Crippen LogP contribution in [0.4, 0.5) is 0 Å². The van der Waals surface area contributed by atoms with Gasteiger partial charge in [-0.1, -0.05) is 24.3 Å². The van der Waals surface area contributed by atoms with Crippen LogP contribution in [0.25, 0.3) is 0 Å². The summed E-state index contributed by atoms with van der Waals surface area (Å²) in [5, 5.41) is 0. The van der Waals surface area contributed by atoms with Crippen molar-refractivity contribution in [1.29, 1.82) is 0 Å². The SMILES string of the molecule is NCC1(CC2OCCO2)Cc2ccccc21. The topological polar surface area (TPSA) is 44.5 Å². The van der Waals surface area contributed by atoms with Gasteiger partial charge in [0.1, 0.15) is 0 Å². The molecule has 3 nitrogen and oxygen atoms in total. The van der Waals surface area contributed by atoms with E-state index in [0.717, 1.165) is 12.8 Å². The maximum atomic E-state index is 5.95. The molecule has 2 N–H and O–H groups in total. The van der Waals surface area contributed by atoms with E-state index in [9.17, 15) is 0 Å². The second kappa shape index (κ2) is 3.84. The van der Waals surface area contributed by atoms with Crippen LogP contribution in [-0.4, -0.2) is 26.0 Å². The molecule has 0 bridgehead atoms. The first-order valence-electron chi connectivity index (χ1n) is 5.86. The molecule has 3 rings (SSSR count). The van der Waals surface area contributed by atoms with Crippen molar-refractivity contribution < 1.29 is 9.47 Å². The van der Waals surface area contributed by atoms with Gasteiger partial charge in [0.15, 0.2) is 6.29 Å². The molecule has 2 aliphatic rings. The van der Waals surface area contributed by atoms with Gasteiger partial charge in [-0.2, -0.15) is 0 Å². The molecule has 1 heterocycles. The van der Waals surface area contributed by atoms with Gasteiger partial charge in [0.05, 0.1) is 13.2 Å². The molecular formula is C13H17NO2. The Bertz CT molecular complexity index is 387. The lowest BCUT2D eigenvalue weighted by Gasteiger charge is -2.44. The van der Waals surface area contributed by atoms with E-state index in [0.29, 0.717) is 19.8 Å². The largest absolute Gasteiger partial charge is 0.350 e. The summed E-state index contributed by atoms with van der Waals surface area (Å²) in [5.41, 5.74) is 8.85. The van der Waals surface area contributed by atoms with Crippen molar-refractivity contribution in [1.82, 2.24) is 0 Å². The Morgan fingerprint density at radius 2 is 2.00 bits per heavy atom. The van der Waals surface area contributed by atoms with E-state index in [1.54, 1.807) is 0 Å². The minimum absolute atomic E-state index is 0.0584. The van der Waals surface area contributed by atoms with Gasteiger partial charge in [0, 0.05) is 18.4 Å². The van der Waals surface area contributed by atoms with Crippen LogP contribution >= 0.6 is 0 Å². The van der Waals surface area contributed by atoms with Crippen molar-refractivity contribution in [2.45, 2.75) is 24.5 Å². The number of rotatable bonds is 3. The van der Waals surface area contributed by atoms with Crippen LogP contribution < -0.4 is 5.73 Å². The number of fused-ring (bicyclic) bond motifs is 1. The van der Waals surface area contributed by atoms with Gasteiger partial charge in [0.2, 0.25) is 0 Å². The molecule has 86 valence electrons. The van der Waals surface area contributed by atoms with E-state index in [1.165, 1.54) is 11.1 Å². The quantitative estimate of drug-likeness (QED) is 0.831. The normalized spacial score (nSPS) is 28.8. The highest BCUT2D eigenvalue weighted by Gasteiger charge is 2.43. The Hall–Kier alpha value is -0.900. The van der Waals surface area contributed by atoms with Crippen LogP contribution in [0.1, 0.15) is 17.5 Å². The summed E-state index contributed by atoms with van der Waals surface area (Å²) < 4.78 is 11.0. The lowest BCUT2D eigenvalue weighted by Crippen LogP contribution is -2.47. The monoisotopic (exact) mass is 219 g/mol. The summed E-state index contributed by atoms with van der Waals surface area (Å²) in [7, 11) is 0. The summed E-state index contributed by atoms with van der Waals surface area (Å²) in [6.45, 7) is 2.10. The van der Waals surface area contributed by atoms with Gasteiger partial charge >= 0.3 is 0 Å². The second-order valence-corrected chi connectivity index (χ2v) is 4.69. The first kappa shape index (κ1) is 10.3. The van der Waals surface area contributed by atoms with Crippen molar-refractivity contribution in [3.8, 4) is 0 Å². The van der Waals surface area contributed by atoms with Gasteiger partial charge in [-0.05, 0) is 17.5 Å². The van der Waals surface area contributed by atoms with Gasteiger partial charge in [0.25, 0.3) is 0 Å². The second-order valence-electron chi connectivity index (χ2n) is 4.69. The molecule has 0 saturated carbocycles. The third kappa shape index (κ3) is 1.47. The Morgan fingerprint density at radius 3 is 2.69 bits per heavy atom. The molecule has 1 saturated heterocycles. The van der Waals surface area contributed by atoms with Crippen molar-refractivity contribution in [2.24, 2.45) is 5.73 Å². The Labute approximate surface area is 95.5 Å². The molecule has 16 heavy (non-hydrogen) atoms. The number of hydrogen-bond donors (Lipinski definition) is 1. The highest BCUT2D eigenvalue weighted by atomic mass is 16.7. The standard InChI is InChI=1S/C13H17NO2/c14-9-13(8-12-15-5-6-16-12)7-10-3-1-2-4-11(10)13/h1-4,12H,5-9,14H2. The first-order chi connectivity index (χ1) is 7.84. The lowest BCUT2D eigenvalue weighted by molar-refractivity contribution is -0.0633. The van der Waals surface area contributed by atoms with Gasteiger partial charge in [-0.15, -0.1) is 0 Å². The molecule has 1 aromatic carbocycles. The molecule has 0 spiro atoms. The Balaban J connectivity index is 1.81. The van der Waals surface area contributed by atoms with Crippen molar-refractivity contribution in [3.63, 3.8) is 0 Å². The lowest BCUT2D eigenvalue weighted by atomic mass is 9.62. The molecule has 0 radical (unpaired) electrons. The predicted molar refractivity (Wildman–Crippen MR) is 61.2 cm³/mol. The van der Waals surface area contributed by atoms with Crippen LogP contribution in [0.3, 0.4) is 0 Å². The van der Waals surface area contributed by atoms with E-state index >= 15 is 0 Å².